The Morgan fingerprint density at radius 3 is 2.40 bits per heavy atom. The largest absolute Gasteiger partial charge is 0.462 e. The van der Waals surface area contributed by atoms with E-state index in [1.807, 2.05) is 19.1 Å². The Kier molecular flexibility index (Phi) is 6.83. The summed E-state index contributed by atoms with van der Waals surface area (Å²) in [5.74, 6) is -0.444. The monoisotopic (exact) mass is 360 g/mol. The lowest BCUT2D eigenvalue weighted by molar-refractivity contribution is -0.115. The van der Waals surface area contributed by atoms with Crippen molar-refractivity contribution in [2.24, 2.45) is 0 Å². The molecule has 0 heterocycles. The van der Waals surface area contributed by atoms with Gasteiger partial charge in [-0.1, -0.05) is 17.7 Å². The van der Waals surface area contributed by atoms with Crippen molar-refractivity contribution in [3.05, 3.63) is 58.6 Å². The fourth-order valence-corrected chi connectivity index (χ4v) is 2.33. The number of hydrogen-bond acceptors (Lipinski definition) is 4. The minimum absolute atomic E-state index is 0.101. The number of ether oxygens (including phenoxy) is 1. The molecule has 132 valence electrons. The van der Waals surface area contributed by atoms with E-state index in [-0.39, 0.29) is 11.9 Å². The van der Waals surface area contributed by atoms with Crippen LogP contribution >= 0.6 is 11.6 Å². The Morgan fingerprint density at radius 1 is 1.08 bits per heavy atom. The van der Waals surface area contributed by atoms with Gasteiger partial charge in [0, 0.05) is 29.4 Å². The molecule has 0 aliphatic rings. The van der Waals surface area contributed by atoms with Crippen LogP contribution in [0.15, 0.2) is 42.5 Å². The first-order valence-corrected chi connectivity index (χ1v) is 8.44. The molecule has 1 amide bonds. The second-order valence-corrected chi connectivity index (χ2v) is 5.89. The van der Waals surface area contributed by atoms with Crippen LogP contribution in [0.3, 0.4) is 0 Å². The Hall–Kier alpha value is -2.53. The van der Waals surface area contributed by atoms with Crippen LogP contribution in [0.1, 0.15) is 29.3 Å². The number of amides is 1. The van der Waals surface area contributed by atoms with Gasteiger partial charge in [0.05, 0.1) is 12.2 Å². The molecule has 25 heavy (non-hydrogen) atoms. The first-order valence-electron chi connectivity index (χ1n) is 8.06. The van der Waals surface area contributed by atoms with Crippen LogP contribution in [0.4, 0.5) is 11.4 Å². The number of esters is 1. The first-order chi connectivity index (χ1) is 12.0. The van der Waals surface area contributed by atoms with Gasteiger partial charge in [0.2, 0.25) is 5.91 Å². The van der Waals surface area contributed by atoms with Crippen LogP contribution in [0.25, 0.3) is 0 Å². The van der Waals surface area contributed by atoms with E-state index in [0.29, 0.717) is 35.8 Å². The lowest BCUT2D eigenvalue weighted by atomic mass is 10.2. The molecule has 2 aromatic rings. The van der Waals surface area contributed by atoms with Crippen molar-refractivity contribution < 1.29 is 14.3 Å². The zero-order chi connectivity index (χ0) is 18.2. The molecule has 0 bridgehead atoms. The number of carbonyl (C=O) groups excluding carboxylic acids is 2. The molecule has 0 saturated carbocycles. The van der Waals surface area contributed by atoms with Gasteiger partial charge < -0.3 is 15.4 Å². The quantitative estimate of drug-likeness (QED) is 0.724. The van der Waals surface area contributed by atoms with Crippen molar-refractivity contribution in [3.8, 4) is 0 Å². The van der Waals surface area contributed by atoms with Crippen molar-refractivity contribution in [1.82, 2.24) is 0 Å². The van der Waals surface area contributed by atoms with Crippen molar-refractivity contribution in [1.29, 1.82) is 0 Å². The summed E-state index contributed by atoms with van der Waals surface area (Å²) in [5, 5.41) is 6.57. The summed E-state index contributed by atoms with van der Waals surface area (Å²) in [6, 6.07) is 12.4. The number of halogens is 1. The third-order valence-corrected chi connectivity index (χ3v) is 3.94. The fraction of sp³-hybridized carbons (Fsp3) is 0.263. The highest BCUT2D eigenvalue weighted by Gasteiger charge is 2.06. The van der Waals surface area contributed by atoms with Gasteiger partial charge in [-0.25, -0.2) is 4.79 Å². The molecule has 2 aromatic carbocycles. The van der Waals surface area contributed by atoms with E-state index in [1.165, 1.54) is 0 Å². The van der Waals surface area contributed by atoms with E-state index >= 15 is 0 Å². The van der Waals surface area contributed by atoms with Gasteiger partial charge in [0.15, 0.2) is 0 Å². The summed E-state index contributed by atoms with van der Waals surface area (Å²) in [7, 11) is 0. The molecule has 0 saturated heterocycles. The molecule has 0 fully saturated rings. The van der Waals surface area contributed by atoms with E-state index in [2.05, 4.69) is 10.6 Å². The zero-order valence-corrected chi connectivity index (χ0v) is 15.0. The Morgan fingerprint density at radius 2 is 1.76 bits per heavy atom. The highest BCUT2D eigenvalue weighted by molar-refractivity contribution is 6.31. The number of rotatable bonds is 7. The third-order valence-electron chi connectivity index (χ3n) is 3.53. The summed E-state index contributed by atoms with van der Waals surface area (Å²) in [4.78, 5) is 23.5. The Labute approximate surface area is 152 Å². The van der Waals surface area contributed by atoms with Gasteiger partial charge in [-0.2, -0.15) is 0 Å². The summed E-state index contributed by atoms with van der Waals surface area (Å²) < 4.78 is 4.93. The molecule has 0 radical (unpaired) electrons. The average Bonchev–Trinajstić information content (AvgIpc) is 2.59. The molecule has 0 spiro atoms. The minimum Gasteiger partial charge on any atom is -0.462 e. The number of nitrogens with one attached hydrogen (secondary N) is 2. The standard InChI is InChI=1S/C19H21ClN2O3/c1-3-25-19(24)14-5-8-15(9-6-14)21-11-10-18(23)22-16-7-4-13(2)17(20)12-16/h4-9,12,21H,3,10-11H2,1-2H3,(H,22,23). The summed E-state index contributed by atoms with van der Waals surface area (Å²) in [6.07, 6.45) is 0.311. The average molecular weight is 361 g/mol. The molecular formula is C19H21ClN2O3. The van der Waals surface area contributed by atoms with Gasteiger partial charge >= 0.3 is 5.97 Å². The molecule has 2 N–H and O–H groups in total. The molecule has 0 aliphatic carbocycles. The number of benzene rings is 2. The van der Waals surface area contributed by atoms with Crippen molar-refractivity contribution in [2.45, 2.75) is 20.3 Å². The number of carbonyl (C=O) groups is 2. The van der Waals surface area contributed by atoms with Gasteiger partial charge in [-0.05, 0) is 55.8 Å². The molecular weight excluding hydrogens is 340 g/mol. The smallest absolute Gasteiger partial charge is 0.338 e. The number of hydrogen-bond donors (Lipinski definition) is 2. The van der Waals surface area contributed by atoms with E-state index in [4.69, 9.17) is 16.3 Å². The summed E-state index contributed by atoms with van der Waals surface area (Å²) in [5.41, 5.74) is 2.98. The topological polar surface area (TPSA) is 67.4 Å². The molecule has 5 nitrogen and oxygen atoms in total. The molecule has 6 heteroatoms. The zero-order valence-electron chi connectivity index (χ0n) is 14.3. The number of aryl methyl sites for hydroxylation is 1. The van der Waals surface area contributed by atoms with Crippen LogP contribution < -0.4 is 10.6 Å². The summed E-state index contributed by atoms with van der Waals surface area (Å²) >= 11 is 6.04. The lowest BCUT2D eigenvalue weighted by Crippen LogP contribution is -2.16. The van der Waals surface area contributed by atoms with Gasteiger partial charge in [0.25, 0.3) is 0 Å². The molecule has 0 atom stereocenters. The maximum absolute atomic E-state index is 12.0. The van der Waals surface area contributed by atoms with E-state index in [1.54, 1.807) is 37.3 Å². The second kappa shape index (κ2) is 9.08. The maximum Gasteiger partial charge on any atom is 0.338 e. The Bertz CT molecular complexity index is 745. The first kappa shape index (κ1) is 18.8. The summed E-state index contributed by atoms with van der Waals surface area (Å²) in [6.45, 7) is 4.50. The van der Waals surface area contributed by atoms with E-state index < -0.39 is 0 Å². The normalized spacial score (nSPS) is 10.2. The molecule has 2 rings (SSSR count). The van der Waals surface area contributed by atoms with Crippen LogP contribution in [0.2, 0.25) is 5.02 Å². The highest BCUT2D eigenvalue weighted by Crippen LogP contribution is 2.20. The van der Waals surface area contributed by atoms with Crippen LogP contribution in [-0.4, -0.2) is 25.0 Å². The second-order valence-electron chi connectivity index (χ2n) is 5.49. The lowest BCUT2D eigenvalue weighted by Gasteiger charge is -2.09. The minimum atomic E-state index is -0.342. The van der Waals surface area contributed by atoms with E-state index in [0.717, 1.165) is 11.3 Å². The SMILES string of the molecule is CCOC(=O)c1ccc(NCCC(=O)Nc2ccc(C)c(Cl)c2)cc1. The maximum atomic E-state index is 12.0. The van der Waals surface area contributed by atoms with Crippen molar-refractivity contribution >= 4 is 34.9 Å². The van der Waals surface area contributed by atoms with Crippen LogP contribution in [0, 0.1) is 6.92 Å². The van der Waals surface area contributed by atoms with Gasteiger partial charge in [0.1, 0.15) is 0 Å². The predicted octanol–water partition coefficient (Wildman–Crippen LogP) is 4.27. The molecule has 0 aromatic heterocycles. The highest BCUT2D eigenvalue weighted by atomic mass is 35.5. The molecule has 0 aliphatic heterocycles. The Balaban J connectivity index is 1.78. The number of anilines is 2. The fourth-order valence-electron chi connectivity index (χ4n) is 2.15. The van der Waals surface area contributed by atoms with Crippen molar-refractivity contribution in [2.75, 3.05) is 23.8 Å². The molecule has 0 unspecified atom stereocenters. The van der Waals surface area contributed by atoms with Crippen LogP contribution in [0.5, 0.6) is 0 Å². The van der Waals surface area contributed by atoms with Crippen molar-refractivity contribution in [3.63, 3.8) is 0 Å². The van der Waals surface area contributed by atoms with E-state index in [9.17, 15) is 9.59 Å². The predicted molar refractivity (Wildman–Crippen MR) is 100 cm³/mol. The van der Waals surface area contributed by atoms with Gasteiger partial charge in [-0.15, -0.1) is 0 Å². The third kappa shape index (κ3) is 5.80. The van der Waals surface area contributed by atoms with Gasteiger partial charge in [-0.3, -0.25) is 4.79 Å². The van der Waals surface area contributed by atoms with Crippen LogP contribution in [-0.2, 0) is 9.53 Å².